The van der Waals surface area contributed by atoms with Gasteiger partial charge in [-0.1, -0.05) is 63.7 Å². The van der Waals surface area contributed by atoms with Gasteiger partial charge in [-0.05, 0) is 33.9 Å². The summed E-state index contributed by atoms with van der Waals surface area (Å²) in [6.07, 6.45) is 1.14. The minimum Gasteiger partial charge on any atom is -0.490 e. The number of rotatable bonds is 8. The Kier molecular flexibility index (Phi) is 6.55. The first kappa shape index (κ1) is 20.9. The number of fused-ring (bicyclic) bond motifs is 2. The molecule has 4 nitrogen and oxygen atoms in total. The van der Waals surface area contributed by atoms with E-state index in [-0.39, 0.29) is 12.0 Å². The van der Waals surface area contributed by atoms with Gasteiger partial charge in [0.1, 0.15) is 19.0 Å². The van der Waals surface area contributed by atoms with Crippen molar-refractivity contribution < 1.29 is 19.0 Å². The van der Waals surface area contributed by atoms with Gasteiger partial charge in [-0.15, -0.1) is 0 Å². The lowest BCUT2D eigenvalue weighted by atomic mass is 9.85. The predicted octanol–water partition coefficient (Wildman–Crippen LogP) is 5.42. The third kappa shape index (κ3) is 5.15. The van der Waals surface area contributed by atoms with Gasteiger partial charge in [-0.3, -0.25) is 0 Å². The number of benzene rings is 3. The Morgan fingerprint density at radius 3 is 2.41 bits per heavy atom. The molecule has 29 heavy (non-hydrogen) atoms. The molecule has 0 fully saturated rings. The average molecular weight is 392 g/mol. The first-order valence-electron chi connectivity index (χ1n) is 9.86. The zero-order valence-electron chi connectivity index (χ0n) is 17.4. The molecule has 0 heterocycles. The largest absolute Gasteiger partial charge is 0.490 e. The monoisotopic (exact) mass is 392 g/mol. The van der Waals surface area contributed by atoms with Crippen molar-refractivity contribution in [2.75, 3.05) is 26.4 Å². The molecule has 0 saturated carbocycles. The van der Waals surface area contributed by atoms with E-state index in [9.17, 15) is 4.79 Å². The average Bonchev–Trinajstić information content (AvgIpc) is 2.71. The molecule has 0 aliphatic rings. The molecule has 0 unspecified atom stereocenters. The predicted molar refractivity (Wildman–Crippen MR) is 118 cm³/mol. The van der Waals surface area contributed by atoms with E-state index in [1.54, 1.807) is 0 Å². The van der Waals surface area contributed by atoms with Crippen LogP contribution in [0.4, 0.5) is 0 Å². The number of hydrogen-bond acceptors (Lipinski definition) is 4. The molecule has 0 radical (unpaired) electrons. The second kappa shape index (κ2) is 9.10. The van der Waals surface area contributed by atoms with Crippen molar-refractivity contribution in [3.63, 3.8) is 0 Å². The maximum atomic E-state index is 11.0. The quantitative estimate of drug-likeness (QED) is 0.222. The van der Waals surface area contributed by atoms with Gasteiger partial charge in [-0.2, -0.15) is 0 Å². The van der Waals surface area contributed by atoms with Crippen molar-refractivity contribution in [2.24, 2.45) is 0 Å². The molecule has 152 valence electrons. The van der Waals surface area contributed by atoms with Gasteiger partial charge in [0.2, 0.25) is 0 Å². The smallest absolute Gasteiger partial charge is 0.330 e. The summed E-state index contributed by atoms with van der Waals surface area (Å²) in [6, 6.07) is 17.0. The summed E-state index contributed by atoms with van der Waals surface area (Å²) in [5, 5.41) is 4.50. The van der Waals surface area contributed by atoms with Crippen molar-refractivity contribution in [3.8, 4) is 5.75 Å². The van der Waals surface area contributed by atoms with Crippen LogP contribution in [0.1, 0.15) is 26.3 Å². The number of carbonyl (C=O) groups is 1. The van der Waals surface area contributed by atoms with Crippen molar-refractivity contribution in [1.82, 2.24) is 0 Å². The molecule has 4 heteroatoms. The summed E-state index contributed by atoms with van der Waals surface area (Å²) in [6.45, 7) is 11.4. The van der Waals surface area contributed by atoms with Crippen LogP contribution in [0.5, 0.6) is 5.75 Å². The summed E-state index contributed by atoms with van der Waals surface area (Å²) in [5.41, 5.74) is 1.33. The molecule has 0 amide bonds. The first-order chi connectivity index (χ1) is 13.9. The van der Waals surface area contributed by atoms with Crippen LogP contribution in [0, 0.1) is 0 Å². The highest BCUT2D eigenvalue weighted by Crippen LogP contribution is 2.37. The molecule has 3 aromatic rings. The van der Waals surface area contributed by atoms with E-state index in [1.165, 1.54) is 5.56 Å². The van der Waals surface area contributed by atoms with E-state index in [1.807, 2.05) is 12.1 Å². The minimum absolute atomic E-state index is 0.0586. The molecule has 0 aliphatic carbocycles. The fourth-order valence-electron chi connectivity index (χ4n) is 3.21. The molecule has 3 rings (SSSR count). The zero-order chi connectivity index (χ0) is 20.9. The minimum atomic E-state index is -0.443. The lowest BCUT2D eigenvalue weighted by Gasteiger charge is -2.21. The first-order valence-corrected chi connectivity index (χ1v) is 9.86. The van der Waals surface area contributed by atoms with Gasteiger partial charge < -0.3 is 14.2 Å². The van der Waals surface area contributed by atoms with Crippen LogP contribution in [0.3, 0.4) is 0 Å². The second-order valence-electron chi connectivity index (χ2n) is 7.95. The van der Waals surface area contributed by atoms with Crippen molar-refractivity contribution in [3.05, 3.63) is 66.7 Å². The molecule has 3 aromatic carbocycles. The number of esters is 1. The Hall–Kier alpha value is -2.85. The van der Waals surface area contributed by atoms with Gasteiger partial charge in [0.25, 0.3) is 0 Å². The summed E-state index contributed by atoms with van der Waals surface area (Å²) in [5.74, 6) is 0.438. The Labute approximate surface area is 172 Å². The van der Waals surface area contributed by atoms with Crippen molar-refractivity contribution >= 4 is 27.5 Å². The molecular weight excluding hydrogens is 364 g/mol. The van der Waals surface area contributed by atoms with E-state index in [0.717, 1.165) is 33.4 Å². The van der Waals surface area contributed by atoms with Gasteiger partial charge >= 0.3 is 5.97 Å². The maximum Gasteiger partial charge on any atom is 0.330 e. The summed E-state index contributed by atoms with van der Waals surface area (Å²) >= 11 is 0. The van der Waals surface area contributed by atoms with E-state index in [2.05, 4.69) is 63.7 Å². The molecule has 0 spiro atoms. The van der Waals surface area contributed by atoms with E-state index in [0.29, 0.717) is 19.8 Å². The molecule has 0 atom stereocenters. The van der Waals surface area contributed by atoms with E-state index < -0.39 is 5.97 Å². The van der Waals surface area contributed by atoms with Crippen LogP contribution in [0.25, 0.3) is 21.5 Å². The van der Waals surface area contributed by atoms with Crippen LogP contribution < -0.4 is 4.74 Å². The summed E-state index contributed by atoms with van der Waals surface area (Å²) in [7, 11) is 0. The highest BCUT2D eigenvalue weighted by Gasteiger charge is 2.16. The Balaban J connectivity index is 1.78. The van der Waals surface area contributed by atoms with Crippen molar-refractivity contribution in [2.45, 2.75) is 26.2 Å². The standard InChI is InChI=1S/C25H28O4/c1-5-23(26)28-14-12-27-13-15-29-24-21-9-7-6-8-18(21)16-19-10-11-20(17-22(19)24)25(2,3)4/h5-11,16-17H,1,12-15H2,2-4H3. The van der Waals surface area contributed by atoms with Crippen LogP contribution in [0.15, 0.2) is 61.2 Å². The summed E-state index contributed by atoms with van der Waals surface area (Å²) < 4.78 is 16.6. The van der Waals surface area contributed by atoms with Gasteiger partial charge in [0.05, 0.1) is 13.2 Å². The second-order valence-corrected chi connectivity index (χ2v) is 7.95. The molecule has 0 saturated heterocycles. The van der Waals surface area contributed by atoms with Gasteiger partial charge in [-0.25, -0.2) is 4.79 Å². The molecule has 0 bridgehead atoms. The number of hydrogen-bond donors (Lipinski definition) is 0. The molecule has 0 N–H and O–H groups in total. The molecule has 0 aliphatic heterocycles. The van der Waals surface area contributed by atoms with Crippen LogP contribution in [0.2, 0.25) is 0 Å². The topological polar surface area (TPSA) is 44.8 Å². The highest BCUT2D eigenvalue weighted by atomic mass is 16.6. The third-order valence-electron chi connectivity index (χ3n) is 4.79. The lowest BCUT2D eigenvalue weighted by Crippen LogP contribution is -2.13. The van der Waals surface area contributed by atoms with Gasteiger partial charge in [0, 0.05) is 16.8 Å². The Morgan fingerprint density at radius 2 is 1.66 bits per heavy atom. The van der Waals surface area contributed by atoms with Crippen LogP contribution >= 0.6 is 0 Å². The van der Waals surface area contributed by atoms with Crippen molar-refractivity contribution in [1.29, 1.82) is 0 Å². The van der Waals surface area contributed by atoms with E-state index in [4.69, 9.17) is 14.2 Å². The Bertz CT molecular complexity index is 1010. The molecule has 0 aromatic heterocycles. The fraction of sp³-hybridized carbons (Fsp3) is 0.320. The highest BCUT2D eigenvalue weighted by molar-refractivity contribution is 6.05. The Morgan fingerprint density at radius 1 is 0.931 bits per heavy atom. The fourth-order valence-corrected chi connectivity index (χ4v) is 3.21. The number of carbonyl (C=O) groups excluding carboxylic acids is 1. The maximum absolute atomic E-state index is 11.0. The normalized spacial score (nSPS) is 11.6. The van der Waals surface area contributed by atoms with Crippen LogP contribution in [-0.2, 0) is 19.7 Å². The van der Waals surface area contributed by atoms with Gasteiger partial charge in [0.15, 0.2) is 0 Å². The SMILES string of the molecule is C=CC(=O)OCCOCCOc1c2ccccc2cc2ccc(C(C)(C)C)cc12. The van der Waals surface area contributed by atoms with Crippen LogP contribution in [-0.4, -0.2) is 32.4 Å². The number of ether oxygens (including phenoxy) is 3. The van der Waals surface area contributed by atoms with E-state index >= 15 is 0 Å². The third-order valence-corrected chi connectivity index (χ3v) is 4.79. The summed E-state index contributed by atoms with van der Waals surface area (Å²) in [4.78, 5) is 11.0. The zero-order valence-corrected chi connectivity index (χ0v) is 17.4. The molecular formula is C25H28O4. The lowest BCUT2D eigenvalue weighted by molar-refractivity contribution is -0.139.